The lowest BCUT2D eigenvalue weighted by Crippen LogP contribution is -2.02. The number of aromatic hydroxyl groups is 2. The van der Waals surface area contributed by atoms with E-state index >= 15 is 0 Å². The van der Waals surface area contributed by atoms with E-state index in [1.165, 1.54) is 17.2 Å². The molecule has 1 aromatic rings. The van der Waals surface area contributed by atoms with Crippen LogP contribution in [0.4, 0.5) is 0 Å². The molecule has 0 fully saturated rings. The van der Waals surface area contributed by atoms with Crippen molar-refractivity contribution in [2.45, 2.75) is 66.7 Å². The largest absolute Gasteiger partial charge is 0.508 e. The minimum absolute atomic E-state index is 0.0749. The molecule has 0 aliphatic heterocycles. The molecule has 0 aliphatic rings. The lowest BCUT2D eigenvalue weighted by molar-refractivity contribution is 0.0692. The summed E-state index contributed by atoms with van der Waals surface area (Å²) in [6, 6.07) is 1.39. The van der Waals surface area contributed by atoms with Gasteiger partial charge >= 0.3 is 5.97 Å². The van der Waals surface area contributed by atoms with E-state index in [2.05, 4.69) is 32.9 Å². The fraction of sp³-hybridized carbons (Fsp3) is 0.435. The second-order valence-electron chi connectivity index (χ2n) is 7.38. The Bertz CT molecular complexity index is 763. The van der Waals surface area contributed by atoms with E-state index < -0.39 is 5.97 Å². The van der Waals surface area contributed by atoms with Crippen molar-refractivity contribution in [1.29, 1.82) is 0 Å². The lowest BCUT2D eigenvalue weighted by atomic mass is 9.98. The molecule has 0 unspecified atom stereocenters. The van der Waals surface area contributed by atoms with Gasteiger partial charge in [0.15, 0.2) is 0 Å². The first-order valence-corrected chi connectivity index (χ1v) is 9.35. The summed E-state index contributed by atoms with van der Waals surface area (Å²) in [6.45, 7) is 9.92. The van der Waals surface area contributed by atoms with Crippen LogP contribution in [0.15, 0.2) is 41.0 Å². The molecule has 0 spiro atoms. The Kier molecular flexibility index (Phi) is 8.86. The zero-order valence-corrected chi connectivity index (χ0v) is 17.1. The Labute approximate surface area is 162 Å². The third-order valence-corrected chi connectivity index (χ3v) is 4.57. The Morgan fingerprint density at radius 2 is 1.52 bits per heavy atom. The van der Waals surface area contributed by atoms with Gasteiger partial charge in [-0.3, -0.25) is 0 Å². The Balaban J connectivity index is 2.71. The van der Waals surface area contributed by atoms with Gasteiger partial charge in [0.25, 0.3) is 0 Å². The molecule has 0 saturated carbocycles. The van der Waals surface area contributed by atoms with E-state index in [4.69, 9.17) is 0 Å². The average Bonchev–Trinajstić information content (AvgIpc) is 2.53. The highest BCUT2D eigenvalue weighted by Gasteiger charge is 2.19. The molecule has 0 aromatic heterocycles. The summed E-state index contributed by atoms with van der Waals surface area (Å²) in [5.74, 6) is -1.62. The third-order valence-electron chi connectivity index (χ3n) is 4.57. The molecule has 0 heterocycles. The monoisotopic (exact) mass is 372 g/mol. The molecule has 4 heteroatoms. The second-order valence-corrected chi connectivity index (χ2v) is 7.38. The van der Waals surface area contributed by atoms with E-state index in [0.29, 0.717) is 12.0 Å². The maximum absolute atomic E-state index is 11.3. The number of allylic oxidation sites excluding steroid dienone is 6. The first-order valence-electron chi connectivity index (χ1n) is 9.35. The van der Waals surface area contributed by atoms with Crippen molar-refractivity contribution in [3.63, 3.8) is 0 Å². The quantitative estimate of drug-likeness (QED) is 0.460. The first-order chi connectivity index (χ1) is 12.6. The SMILES string of the molecule is CC(C)=CCC/C(C)=C/CC/C(C)=C/Cc1c(O)cc(C)c(C(=O)O)c1O. The zero-order chi connectivity index (χ0) is 20.6. The molecule has 0 saturated heterocycles. The van der Waals surface area contributed by atoms with Crippen LogP contribution in [0.25, 0.3) is 0 Å². The standard InChI is InChI=1S/C23H32O4/c1-15(2)8-6-9-16(3)10-7-11-17(4)12-13-19-20(24)14-18(5)21(22(19)25)23(26)27/h8,10,12,14,24-25H,6-7,9,11,13H2,1-5H3,(H,26,27)/b16-10+,17-12+. The summed E-state index contributed by atoms with van der Waals surface area (Å²) in [7, 11) is 0. The molecular weight excluding hydrogens is 340 g/mol. The highest BCUT2D eigenvalue weighted by Crippen LogP contribution is 2.34. The fourth-order valence-corrected chi connectivity index (χ4v) is 2.91. The highest BCUT2D eigenvalue weighted by molar-refractivity contribution is 5.93. The molecule has 3 N–H and O–H groups in total. The number of benzene rings is 1. The van der Waals surface area contributed by atoms with E-state index in [9.17, 15) is 20.1 Å². The van der Waals surface area contributed by atoms with Crippen molar-refractivity contribution in [2.75, 3.05) is 0 Å². The minimum atomic E-state index is -1.19. The predicted molar refractivity (Wildman–Crippen MR) is 111 cm³/mol. The van der Waals surface area contributed by atoms with E-state index in [1.807, 2.05) is 13.0 Å². The van der Waals surface area contributed by atoms with Gasteiger partial charge in [0.2, 0.25) is 0 Å². The number of carboxylic acid groups (broad SMARTS) is 1. The van der Waals surface area contributed by atoms with E-state index in [-0.39, 0.29) is 22.6 Å². The normalized spacial score (nSPS) is 12.2. The number of hydrogen-bond donors (Lipinski definition) is 3. The molecule has 0 radical (unpaired) electrons. The van der Waals surface area contributed by atoms with Crippen molar-refractivity contribution in [3.8, 4) is 11.5 Å². The summed E-state index contributed by atoms with van der Waals surface area (Å²) >= 11 is 0. The van der Waals surface area contributed by atoms with Gasteiger partial charge < -0.3 is 15.3 Å². The van der Waals surface area contributed by atoms with Gasteiger partial charge in [0.05, 0.1) is 0 Å². The Morgan fingerprint density at radius 3 is 2.07 bits per heavy atom. The molecule has 27 heavy (non-hydrogen) atoms. The van der Waals surface area contributed by atoms with Crippen LogP contribution in [0, 0.1) is 6.92 Å². The van der Waals surface area contributed by atoms with Crippen molar-refractivity contribution >= 4 is 5.97 Å². The Hall–Kier alpha value is -2.49. The van der Waals surface area contributed by atoms with Gasteiger partial charge in [-0.2, -0.15) is 0 Å². The number of hydrogen-bond acceptors (Lipinski definition) is 3. The van der Waals surface area contributed by atoms with Crippen molar-refractivity contribution in [3.05, 3.63) is 57.7 Å². The molecule has 0 bridgehead atoms. The molecular formula is C23H32O4. The third kappa shape index (κ3) is 7.33. The van der Waals surface area contributed by atoms with E-state index in [1.54, 1.807) is 6.92 Å². The molecule has 4 nitrogen and oxygen atoms in total. The number of aromatic carboxylic acids is 1. The summed E-state index contributed by atoms with van der Waals surface area (Å²) in [4.78, 5) is 11.3. The summed E-state index contributed by atoms with van der Waals surface area (Å²) < 4.78 is 0. The van der Waals surface area contributed by atoms with Crippen LogP contribution in [0.2, 0.25) is 0 Å². The number of carbonyl (C=O) groups is 1. The number of aryl methyl sites for hydroxylation is 1. The van der Waals surface area contributed by atoms with Crippen LogP contribution in [-0.2, 0) is 6.42 Å². The van der Waals surface area contributed by atoms with Crippen LogP contribution in [-0.4, -0.2) is 21.3 Å². The van der Waals surface area contributed by atoms with Gasteiger partial charge in [-0.05, 0) is 78.4 Å². The lowest BCUT2D eigenvalue weighted by Gasteiger charge is -2.11. The van der Waals surface area contributed by atoms with Crippen LogP contribution in [0.5, 0.6) is 11.5 Å². The second kappa shape index (κ2) is 10.6. The smallest absolute Gasteiger partial charge is 0.339 e. The van der Waals surface area contributed by atoms with Gasteiger partial charge in [-0.1, -0.05) is 34.9 Å². The first kappa shape index (κ1) is 22.6. The maximum atomic E-state index is 11.3. The molecule has 0 amide bonds. The van der Waals surface area contributed by atoms with Gasteiger partial charge in [-0.25, -0.2) is 4.79 Å². The van der Waals surface area contributed by atoms with Gasteiger partial charge in [0, 0.05) is 5.56 Å². The summed E-state index contributed by atoms with van der Waals surface area (Å²) in [5.41, 5.74) is 4.31. The molecule has 148 valence electrons. The topological polar surface area (TPSA) is 77.8 Å². The Morgan fingerprint density at radius 1 is 0.963 bits per heavy atom. The summed E-state index contributed by atoms with van der Waals surface area (Å²) in [5, 5.41) is 29.5. The number of phenolic OH excluding ortho intramolecular Hbond substituents is 1. The predicted octanol–water partition coefficient (Wildman–Crippen LogP) is 6.07. The average molecular weight is 373 g/mol. The van der Waals surface area contributed by atoms with Crippen molar-refractivity contribution in [1.82, 2.24) is 0 Å². The number of phenols is 2. The van der Waals surface area contributed by atoms with Crippen LogP contribution in [0.3, 0.4) is 0 Å². The maximum Gasteiger partial charge on any atom is 0.339 e. The zero-order valence-electron chi connectivity index (χ0n) is 17.1. The fourth-order valence-electron chi connectivity index (χ4n) is 2.91. The summed E-state index contributed by atoms with van der Waals surface area (Å²) in [6.07, 6.45) is 10.7. The molecule has 1 aromatic carbocycles. The molecule has 1 rings (SSSR count). The molecule has 0 aliphatic carbocycles. The van der Waals surface area contributed by atoms with E-state index in [0.717, 1.165) is 31.3 Å². The van der Waals surface area contributed by atoms with Crippen molar-refractivity contribution in [2.24, 2.45) is 0 Å². The van der Waals surface area contributed by atoms with Crippen LogP contribution in [0.1, 0.15) is 74.9 Å². The minimum Gasteiger partial charge on any atom is -0.508 e. The number of carboxylic acids is 1. The van der Waals surface area contributed by atoms with Crippen LogP contribution < -0.4 is 0 Å². The molecule has 0 atom stereocenters. The van der Waals surface area contributed by atoms with Gasteiger partial charge in [-0.15, -0.1) is 0 Å². The van der Waals surface area contributed by atoms with Gasteiger partial charge in [0.1, 0.15) is 17.1 Å². The highest BCUT2D eigenvalue weighted by atomic mass is 16.4. The number of rotatable bonds is 9. The van der Waals surface area contributed by atoms with Crippen molar-refractivity contribution < 1.29 is 20.1 Å². The van der Waals surface area contributed by atoms with Crippen LogP contribution >= 0.6 is 0 Å².